The minimum absolute atomic E-state index is 0.0613. The number of benzene rings is 1. The summed E-state index contributed by atoms with van der Waals surface area (Å²) in [7, 11) is 0. The Morgan fingerprint density at radius 3 is 2.58 bits per heavy atom. The van der Waals surface area contributed by atoms with E-state index < -0.39 is 5.41 Å². The van der Waals surface area contributed by atoms with Gasteiger partial charge in [0.15, 0.2) is 0 Å². The van der Waals surface area contributed by atoms with Gasteiger partial charge in [0.2, 0.25) is 11.9 Å². The minimum atomic E-state index is -0.445. The summed E-state index contributed by atoms with van der Waals surface area (Å²) < 4.78 is 0. The predicted molar refractivity (Wildman–Crippen MR) is 72.1 cm³/mol. The van der Waals surface area contributed by atoms with E-state index in [-0.39, 0.29) is 5.91 Å². The van der Waals surface area contributed by atoms with Crippen LogP contribution in [0.1, 0.15) is 24.2 Å². The molecule has 5 nitrogen and oxygen atoms in total. The standard InChI is InChI=1S/C13H13ClN4O/c1-8-15-12(18-17-8)16-11(19)13(6-7-13)9-2-4-10(14)5-3-9/h2-5H,6-7H2,1H3,(H2,15,16,17,18,19). The fourth-order valence-corrected chi connectivity index (χ4v) is 2.29. The lowest BCUT2D eigenvalue weighted by atomic mass is 9.95. The van der Waals surface area contributed by atoms with Crippen molar-refractivity contribution in [3.8, 4) is 0 Å². The second kappa shape index (κ2) is 4.35. The first kappa shape index (κ1) is 12.2. The highest BCUT2D eigenvalue weighted by Crippen LogP contribution is 2.49. The molecule has 2 N–H and O–H groups in total. The highest BCUT2D eigenvalue weighted by Gasteiger charge is 2.51. The maximum absolute atomic E-state index is 12.4. The quantitative estimate of drug-likeness (QED) is 0.904. The molecule has 1 saturated carbocycles. The molecule has 1 aliphatic carbocycles. The number of nitrogens with one attached hydrogen (secondary N) is 2. The van der Waals surface area contributed by atoms with Crippen LogP contribution in [0.4, 0.5) is 5.95 Å². The predicted octanol–water partition coefficient (Wildman–Crippen LogP) is 2.44. The lowest BCUT2D eigenvalue weighted by molar-refractivity contribution is -0.118. The fourth-order valence-electron chi connectivity index (χ4n) is 2.16. The summed E-state index contributed by atoms with van der Waals surface area (Å²) in [6.45, 7) is 1.79. The normalized spacial score (nSPS) is 16.1. The molecular formula is C13H13ClN4O. The third-order valence-corrected chi connectivity index (χ3v) is 3.66. The first-order valence-electron chi connectivity index (χ1n) is 6.07. The number of halogens is 1. The molecular weight excluding hydrogens is 264 g/mol. The van der Waals surface area contributed by atoms with Crippen LogP contribution in [0.3, 0.4) is 0 Å². The molecule has 1 aliphatic rings. The van der Waals surface area contributed by atoms with Crippen molar-refractivity contribution in [2.45, 2.75) is 25.2 Å². The second-order valence-corrected chi connectivity index (χ2v) is 5.22. The molecule has 19 heavy (non-hydrogen) atoms. The minimum Gasteiger partial charge on any atom is -0.292 e. The third kappa shape index (κ3) is 2.21. The number of hydrogen-bond acceptors (Lipinski definition) is 3. The SMILES string of the molecule is Cc1nc(NC(=O)C2(c3ccc(Cl)cc3)CC2)n[nH]1. The first-order chi connectivity index (χ1) is 9.10. The first-order valence-corrected chi connectivity index (χ1v) is 6.44. The lowest BCUT2D eigenvalue weighted by Crippen LogP contribution is -2.28. The fraction of sp³-hybridized carbons (Fsp3) is 0.308. The Hall–Kier alpha value is -1.88. The molecule has 0 spiro atoms. The van der Waals surface area contributed by atoms with Gasteiger partial charge in [-0.05, 0) is 37.5 Å². The highest BCUT2D eigenvalue weighted by molar-refractivity contribution is 6.30. The number of amides is 1. The Balaban J connectivity index is 1.81. The summed E-state index contributed by atoms with van der Waals surface area (Å²) in [6.07, 6.45) is 1.67. The average molecular weight is 277 g/mol. The van der Waals surface area contributed by atoms with E-state index in [9.17, 15) is 4.79 Å². The summed E-state index contributed by atoms with van der Waals surface area (Å²) in [5, 5.41) is 10.0. The maximum Gasteiger partial charge on any atom is 0.248 e. The van der Waals surface area contributed by atoms with Crippen molar-refractivity contribution >= 4 is 23.5 Å². The van der Waals surface area contributed by atoms with Gasteiger partial charge in [0.1, 0.15) is 5.82 Å². The van der Waals surface area contributed by atoms with Gasteiger partial charge in [0, 0.05) is 5.02 Å². The van der Waals surface area contributed by atoms with Gasteiger partial charge in [-0.15, -0.1) is 5.10 Å². The Morgan fingerprint density at radius 2 is 2.05 bits per heavy atom. The molecule has 0 unspecified atom stereocenters. The van der Waals surface area contributed by atoms with Gasteiger partial charge in [0.25, 0.3) is 0 Å². The van der Waals surface area contributed by atoms with E-state index >= 15 is 0 Å². The molecule has 6 heteroatoms. The maximum atomic E-state index is 12.4. The van der Waals surface area contributed by atoms with Gasteiger partial charge in [-0.1, -0.05) is 23.7 Å². The van der Waals surface area contributed by atoms with Crippen LogP contribution in [0.2, 0.25) is 5.02 Å². The van der Waals surface area contributed by atoms with Crippen molar-refractivity contribution in [2.75, 3.05) is 5.32 Å². The number of rotatable bonds is 3. The summed E-state index contributed by atoms with van der Waals surface area (Å²) in [4.78, 5) is 16.4. The van der Waals surface area contributed by atoms with Gasteiger partial charge in [0.05, 0.1) is 5.41 Å². The van der Waals surface area contributed by atoms with Crippen LogP contribution >= 0.6 is 11.6 Å². The molecule has 0 radical (unpaired) electrons. The van der Waals surface area contributed by atoms with Crippen LogP contribution in [0, 0.1) is 6.92 Å². The zero-order valence-electron chi connectivity index (χ0n) is 10.4. The molecule has 0 aliphatic heterocycles. The van der Waals surface area contributed by atoms with Gasteiger partial charge < -0.3 is 0 Å². The molecule has 0 bridgehead atoms. The number of aryl methyl sites for hydroxylation is 1. The largest absolute Gasteiger partial charge is 0.292 e. The summed E-state index contributed by atoms with van der Waals surface area (Å²) in [5.41, 5.74) is 0.542. The smallest absolute Gasteiger partial charge is 0.248 e. The van der Waals surface area contributed by atoms with Gasteiger partial charge in [-0.25, -0.2) is 0 Å². The number of nitrogens with zero attached hydrogens (tertiary/aromatic N) is 2. The van der Waals surface area contributed by atoms with Crippen LogP contribution < -0.4 is 5.32 Å². The summed E-state index contributed by atoms with van der Waals surface area (Å²) in [6, 6.07) is 7.42. The summed E-state index contributed by atoms with van der Waals surface area (Å²) in [5.74, 6) is 0.934. The molecule has 1 heterocycles. The number of H-pyrrole nitrogens is 1. The number of aromatic nitrogens is 3. The molecule has 1 aromatic heterocycles. The van der Waals surface area contributed by atoms with Gasteiger partial charge in [-0.3, -0.25) is 15.2 Å². The van der Waals surface area contributed by atoms with E-state index in [1.165, 1.54) is 0 Å². The van der Waals surface area contributed by atoms with Crippen LogP contribution in [0.5, 0.6) is 0 Å². The molecule has 1 aromatic carbocycles. The van der Waals surface area contributed by atoms with Crippen LogP contribution in [-0.2, 0) is 10.2 Å². The molecule has 98 valence electrons. The Kier molecular flexibility index (Phi) is 2.78. The zero-order chi connectivity index (χ0) is 13.5. The second-order valence-electron chi connectivity index (χ2n) is 4.79. The molecule has 2 aromatic rings. The summed E-state index contributed by atoms with van der Waals surface area (Å²) >= 11 is 5.87. The van der Waals surface area contributed by atoms with E-state index in [0.717, 1.165) is 18.4 Å². The lowest BCUT2D eigenvalue weighted by Gasteiger charge is -2.14. The Labute approximate surface area is 115 Å². The van der Waals surface area contributed by atoms with Crippen molar-refractivity contribution < 1.29 is 4.79 Å². The Bertz CT molecular complexity index is 616. The van der Waals surface area contributed by atoms with E-state index in [2.05, 4.69) is 20.5 Å². The number of hydrogen-bond donors (Lipinski definition) is 2. The van der Waals surface area contributed by atoms with E-state index in [4.69, 9.17) is 11.6 Å². The molecule has 3 rings (SSSR count). The molecule has 1 amide bonds. The van der Waals surface area contributed by atoms with Crippen LogP contribution in [0.15, 0.2) is 24.3 Å². The monoisotopic (exact) mass is 276 g/mol. The van der Waals surface area contributed by atoms with Gasteiger partial charge in [-0.2, -0.15) is 4.98 Å². The van der Waals surface area contributed by atoms with E-state index in [1.54, 1.807) is 19.1 Å². The third-order valence-electron chi connectivity index (χ3n) is 3.40. The van der Waals surface area contributed by atoms with E-state index in [1.807, 2.05) is 12.1 Å². The molecule has 0 atom stereocenters. The number of anilines is 1. The molecule has 0 saturated heterocycles. The van der Waals surface area contributed by atoms with Gasteiger partial charge >= 0.3 is 0 Å². The number of carbonyl (C=O) groups is 1. The topological polar surface area (TPSA) is 70.7 Å². The number of carbonyl (C=O) groups excluding carboxylic acids is 1. The average Bonchev–Trinajstić information content (AvgIpc) is 3.10. The molecule has 1 fully saturated rings. The van der Waals surface area contributed by atoms with Crippen molar-refractivity contribution in [2.24, 2.45) is 0 Å². The Morgan fingerprint density at radius 1 is 1.37 bits per heavy atom. The highest BCUT2D eigenvalue weighted by atomic mass is 35.5. The van der Waals surface area contributed by atoms with Crippen molar-refractivity contribution in [3.05, 3.63) is 40.7 Å². The zero-order valence-corrected chi connectivity index (χ0v) is 11.2. The van der Waals surface area contributed by atoms with Crippen molar-refractivity contribution in [3.63, 3.8) is 0 Å². The van der Waals surface area contributed by atoms with Crippen LogP contribution in [0.25, 0.3) is 0 Å². The van der Waals surface area contributed by atoms with Crippen molar-refractivity contribution in [1.82, 2.24) is 15.2 Å². The van der Waals surface area contributed by atoms with Crippen molar-refractivity contribution in [1.29, 1.82) is 0 Å². The number of aromatic amines is 1. The van der Waals surface area contributed by atoms with E-state index in [0.29, 0.717) is 16.8 Å². The van der Waals surface area contributed by atoms with Crippen LogP contribution in [-0.4, -0.2) is 21.1 Å².